The van der Waals surface area contributed by atoms with E-state index in [2.05, 4.69) is 5.32 Å². The van der Waals surface area contributed by atoms with E-state index in [4.69, 9.17) is 32.7 Å². The molecule has 0 fully saturated rings. The Morgan fingerprint density at radius 2 is 1.91 bits per heavy atom. The molecule has 3 aromatic carbocycles. The normalized spacial score (nSPS) is 10.9. The molecule has 0 heterocycles. The zero-order chi connectivity index (χ0) is 23.1. The second-order valence-electron chi connectivity index (χ2n) is 6.93. The molecule has 0 saturated heterocycles. The molecule has 162 valence electrons. The Labute approximate surface area is 196 Å². The SMILES string of the molecule is COc1cc(/C=C(/C#N)C(=O)Nc2cccc(C)c2)ccc1OCc1ccc(Cl)cc1Cl. The predicted octanol–water partition coefficient (Wildman–Crippen LogP) is 6.44. The number of nitrogens with zero attached hydrogens (tertiary/aromatic N) is 1. The minimum Gasteiger partial charge on any atom is -0.493 e. The van der Waals surface area contributed by atoms with Crippen LogP contribution in [-0.4, -0.2) is 13.0 Å². The van der Waals surface area contributed by atoms with Crippen LogP contribution in [-0.2, 0) is 11.4 Å². The zero-order valence-corrected chi connectivity index (χ0v) is 19.0. The maximum absolute atomic E-state index is 12.5. The molecule has 0 spiro atoms. The van der Waals surface area contributed by atoms with Crippen LogP contribution >= 0.6 is 23.2 Å². The highest BCUT2D eigenvalue weighted by atomic mass is 35.5. The average molecular weight is 467 g/mol. The number of halogens is 2. The molecule has 1 N–H and O–H groups in total. The lowest BCUT2D eigenvalue weighted by Crippen LogP contribution is -2.13. The van der Waals surface area contributed by atoms with Gasteiger partial charge in [0.25, 0.3) is 5.91 Å². The molecule has 32 heavy (non-hydrogen) atoms. The second-order valence-corrected chi connectivity index (χ2v) is 7.77. The second kappa shape index (κ2) is 10.7. The molecular weight excluding hydrogens is 447 g/mol. The lowest BCUT2D eigenvalue weighted by molar-refractivity contribution is -0.112. The van der Waals surface area contributed by atoms with Gasteiger partial charge in [-0.25, -0.2) is 0 Å². The van der Waals surface area contributed by atoms with E-state index in [0.717, 1.165) is 11.1 Å². The van der Waals surface area contributed by atoms with Crippen LogP contribution in [0.3, 0.4) is 0 Å². The van der Waals surface area contributed by atoms with Crippen molar-refractivity contribution in [3.63, 3.8) is 0 Å². The van der Waals surface area contributed by atoms with E-state index in [0.29, 0.717) is 32.8 Å². The van der Waals surface area contributed by atoms with Gasteiger partial charge in [-0.05, 0) is 60.5 Å². The molecule has 0 aromatic heterocycles. The van der Waals surface area contributed by atoms with Gasteiger partial charge < -0.3 is 14.8 Å². The topological polar surface area (TPSA) is 71.3 Å². The Bertz CT molecular complexity index is 1220. The number of anilines is 1. The number of methoxy groups -OCH3 is 1. The Morgan fingerprint density at radius 1 is 1.09 bits per heavy atom. The van der Waals surface area contributed by atoms with E-state index in [1.807, 2.05) is 31.2 Å². The first kappa shape index (κ1) is 23.2. The summed E-state index contributed by atoms with van der Waals surface area (Å²) in [6.45, 7) is 2.15. The Balaban J connectivity index is 1.76. The number of hydrogen-bond acceptors (Lipinski definition) is 4. The maximum Gasteiger partial charge on any atom is 0.266 e. The zero-order valence-electron chi connectivity index (χ0n) is 17.5. The van der Waals surface area contributed by atoms with Gasteiger partial charge in [-0.2, -0.15) is 5.26 Å². The van der Waals surface area contributed by atoms with Crippen molar-refractivity contribution in [3.8, 4) is 17.6 Å². The molecule has 0 aliphatic rings. The summed E-state index contributed by atoms with van der Waals surface area (Å²) < 4.78 is 11.3. The Hall–Kier alpha value is -3.46. The van der Waals surface area contributed by atoms with Crippen molar-refractivity contribution in [1.29, 1.82) is 5.26 Å². The van der Waals surface area contributed by atoms with Crippen LogP contribution in [0.2, 0.25) is 10.0 Å². The monoisotopic (exact) mass is 466 g/mol. The molecule has 0 bridgehead atoms. The van der Waals surface area contributed by atoms with Crippen LogP contribution in [0, 0.1) is 18.3 Å². The number of aryl methyl sites for hydroxylation is 1. The van der Waals surface area contributed by atoms with Crippen molar-refractivity contribution >= 4 is 40.9 Å². The van der Waals surface area contributed by atoms with Crippen molar-refractivity contribution in [2.75, 3.05) is 12.4 Å². The smallest absolute Gasteiger partial charge is 0.266 e. The first-order chi connectivity index (χ1) is 15.4. The van der Waals surface area contributed by atoms with E-state index in [1.54, 1.807) is 42.5 Å². The summed E-state index contributed by atoms with van der Waals surface area (Å²) in [5.41, 5.74) is 3.00. The molecule has 7 heteroatoms. The summed E-state index contributed by atoms with van der Waals surface area (Å²) >= 11 is 12.1. The van der Waals surface area contributed by atoms with Crippen molar-refractivity contribution in [3.05, 3.63) is 93.0 Å². The summed E-state index contributed by atoms with van der Waals surface area (Å²) in [5, 5.41) is 13.3. The molecule has 0 aliphatic heterocycles. The van der Waals surface area contributed by atoms with Gasteiger partial charge in [0.2, 0.25) is 0 Å². The summed E-state index contributed by atoms with van der Waals surface area (Å²) in [5.74, 6) is 0.466. The van der Waals surface area contributed by atoms with Gasteiger partial charge in [0, 0.05) is 21.3 Å². The van der Waals surface area contributed by atoms with E-state index in [1.165, 1.54) is 13.2 Å². The number of amides is 1. The summed E-state index contributed by atoms with van der Waals surface area (Å²) in [7, 11) is 1.51. The summed E-state index contributed by atoms with van der Waals surface area (Å²) in [6.07, 6.45) is 1.49. The first-order valence-electron chi connectivity index (χ1n) is 9.64. The highest BCUT2D eigenvalue weighted by Gasteiger charge is 2.12. The molecule has 0 aliphatic carbocycles. The third kappa shape index (κ3) is 6.04. The largest absolute Gasteiger partial charge is 0.493 e. The van der Waals surface area contributed by atoms with Gasteiger partial charge in [-0.3, -0.25) is 4.79 Å². The minimum absolute atomic E-state index is 0.0322. The average Bonchev–Trinajstić information content (AvgIpc) is 2.77. The van der Waals surface area contributed by atoms with Gasteiger partial charge in [-0.1, -0.05) is 47.5 Å². The van der Waals surface area contributed by atoms with Gasteiger partial charge in [0.15, 0.2) is 11.5 Å². The number of nitriles is 1. The van der Waals surface area contributed by atoms with Gasteiger partial charge >= 0.3 is 0 Å². The van der Waals surface area contributed by atoms with E-state index >= 15 is 0 Å². The van der Waals surface area contributed by atoms with E-state index < -0.39 is 5.91 Å². The van der Waals surface area contributed by atoms with Gasteiger partial charge in [0.05, 0.1) is 7.11 Å². The third-order valence-electron chi connectivity index (χ3n) is 4.54. The molecular formula is C25H20Cl2N2O3. The predicted molar refractivity (Wildman–Crippen MR) is 127 cm³/mol. The number of rotatable bonds is 7. The molecule has 0 saturated carbocycles. The van der Waals surface area contributed by atoms with Crippen molar-refractivity contribution in [2.24, 2.45) is 0 Å². The van der Waals surface area contributed by atoms with Crippen LogP contribution in [0.5, 0.6) is 11.5 Å². The lowest BCUT2D eigenvalue weighted by Gasteiger charge is -2.12. The molecule has 3 aromatic rings. The van der Waals surface area contributed by atoms with Crippen LogP contribution in [0.15, 0.2) is 66.2 Å². The Morgan fingerprint density at radius 3 is 2.59 bits per heavy atom. The summed E-state index contributed by atoms with van der Waals surface area (Å²) in [4.78, 5) is 12.5. The standard InChI is InChI=1S/C25H20Cl2N2O3/c1-16-4-3-5-21(10-16)29-25(30)19(14-28)11-17-6-9-23(24(12-17)31-2)32-15-18-7-8-20(26)13-22(18)27/h3-13H,15H2,1-2H3,(H,29,30)/b19-11-. The number of benzene rings is 3. The molecule has 1 amide bonds. The molecule has 0 unspecified atom stereocenters. The van der Waals surface area contributed by atoms with Crippen LogP contribution in [0.25, 0.3) is 6.08 Å². The summed E-state index contributed by atoms with van der Waals surface area (Å²) in [6, 6.07) is 19.6. The maximum atomic E-state index is 12.5. The quantitative estimate of drug-likeness (QED) is 0.321. The van der Waals surface area contributed by atoms with Crippen LogP contribution in [0.1, 0.15) is 16.7 Å². The number of hydrogen-bond donors (Lipinski definition) is 1. The molecule has 5 nitrogen and oxygen atoms in total. The fourth-order valence-electron chi connectivity index (χ4n) is 2.92. The fraction of sp³-hybridized carbons (Fsp3) is 0.120. The molecule has 0 atom stereocenters. The van der Waals surface area contributed by atoms with E-state index in [9.17, 15) is 10.1 Å². The fourth-order valence-corrected chi connectivity index (χ4v) is 3.39. The Kier molecular flexibility index (Phi) is 7.77. The number of carbonyl (C=O) groups excluding carboxylic acids is 1. The lowest BCUT2D eigenvalue weighted by atomic mass is 10.1. The number of carbonyl (C=O) groups is 1. The van der Waals surface area contributed by atoms with Crippen molar-refractivity contribution in [2.45, 2.75) is 13.5 Å². The van der Waals surface area contributed by atoms with Crippen LogP contribution < -0.4 is 14.8 Å². The van der Waals surface area contributed by atoms with Crippen molar-refractivity contribution < 1.29 is 14.3 Å². The molecule has 3 rings (SSSR count). The number of nitrogens with one attached hydrogen (secondary N) is 1. The molecule has 0 radical (unpaired) electrons. The van der Waals surface area contributed by atoms with Gasteiger partial charge in [-0.15, -0.1) is 0 Å². The third-order valence-corrected chi connectivity index (χ3v) is 5.12. The van der Waals surface area contributed by atoms with Gasteiger partial charge in [0.1, 0.15) is 18.2 Å². The van der Waals surface area contributed by atoms with Crippen molar-refractivity contribution in [1.82, 2.24) is 0 Å². The first-order valence-corrected chi connectivity index (χ1v) is 10.4. The minimum atomic E-state index is -0.491. The van der Waals surface area contributed by atoms with E-state index in [-0.39, 0.29) is 12.2 Å². The highest BCUT2D eigenvalue weighted by molar-refractivity contribution is 6.35. The highest BCUT2D eigenvalue weighted by Crippen LogP contribution is 2.31. The van der Waals surface area contributed by atoms with Crippen LogP contribution in [0.4, 0.5) is 5.69 Å². The number of ether oxygens (including phenoxy) is 2.